The van der Waals surface area contributed by atoms with Gasteiger partial charge in [-0.25, -0.2) is 8.42 Å². The molecule has 0 unspecified atom stereocenters. The van der Waals surface area contributed by atoms with Crippen molar-refractivity contribution in [1.29, 1.82) is 0 Å². The van der Waals surface area contributed by atoms with Crippen molar-refractivity contribution in [3.8, 4) is 0 Å². The van der Waals surface area contributed by atoms with E-state index in [9.17, 15) is 21.4 Å². The van der Waals surface area contributed by atoms with Gasteiger partial charge in [-0.3, -0.25) is 13.7 Å². The van der Waals surface area contributed by atoms with E-state index >= 15 is 0 Å². The molecule has 15 heteroatoms. The zero-order chi connectivity index (χ0) is 12.2. The van der Waals surface area contributed by atoms with Gasteiger partial charge in [0.1, 0.15) is 0 Å². The van der Waals surface area contributed by atoms with Crippen LogP contribution in [0.2, 0.25) is 0 Å². The Morgan fingerprint density at radius 2 is 1.07 bits per heavy atom. The second kappa shape index (κ2) is 7.58. The summed E-state index contributed by atoms with van der Waals surface area (Å²) in [5, 5.41) is 0. The first-order valence-corrected chi connectivity index (χ1v) is 6.14. The third-order valence-corrected chi connectivity index (χ3v) is 1.52. The second-order valence-corrected chi connectivity index (χ2v) is 4.46. The summed E-state index contributed by atoms with van der Waals surface area (Å²) in [5.41, 5.74) is 0. The number of rotatable bonds is 2. The molecular weight excluding hydrogens is 311 g/mol. The van der Waals surface area contributed by atoms with E-state index in [0.717, 1.165) is 0 Å². The van der Waals surface area contributed by atoms with Crippen LogP contribution >= 0.6 is 0 Å². The van der Waals surface area contributed by atoms with Crippen molar-refractivity contribution in [1.82, 2.24) is 0 Å². The average Bonchev–Trinajstić information content (AvgIpc) is 1.42. The van der Waals surface area contributed by atoms with Crippen LogP contribution in [0, 0.1) is 0 Å². The van der Waals surface area contributed by atoms with Crippen molar-refractivity contribution in [2.75, 3.05) is 0 Å². The minimum atomic E-state index is -5.37. The van der Waals surface area contributed by atoms with Crippen molar-refractivity contribution >= 4 is 31.2 Å². The van der Waals surface area contributed by atoms with Gasteiger partial charge in [-0.15, -0.1) is 3.63 Å². The van der Waals surface area contributed by atoms with Gasteiger partial charge in [-0.05, 0) is 0 Å². The monoisotopic (exact) mass is 314 g/mol. The summed E-state index contributed by atoms with van der Waals surface area (Å²) in [6, 6.07) is 0. The van der Waals surface area contributed by atoms with Gasteiger partial charge in [-0.1, -0.05) is 0 Å². The maximum Gasteiger partial charge on any atom is 1.00 e. The average molecular weight is 314 g/mol. The Kier molecular flexibility index (Phi) is 10.9. The van der Waals surface area contributed by atoms with Crippen molar-refractivity contribution < 1.29 is 98.5 Å². The molecule has 3 N–H and O–H groups in total. The molecule has 0 atom stereocenters. The molecule has 88 valence electrons. The third kappa shape index (κ3) is 50.8. The Hall–Kier alpha value is 1.29. The number of hydrogen-bond donors (Lipinski definition) is 3. The van der Waals surface area contributed by atoms with Gasteiger partial charge in [0, 0.05) is 0 Å². The van der Waals surface area contributed by atoms with E-state index in [0.29, 0.717) is 0 Å². The smallest absolute Gasteiger partial charge is 0.725 e. The Balaban J connectivity index is -0.000000208. The molecule has 0 aromatic heterocycles. The Morgan fingerprint density at radius 1 is 0.867 bits per heavy atom. The first-order valence-electron chi connectivity index (χ1n) is 2.05. The predicted octanol–water partition coefficient (Wildman–Crippen LogP) is -5.38. The van der Waals surface area contributed by atoms with E-state index in [-0.39, 0.29) is 51.4 Å². The second-order valence-electron chi connectivity index (χ2n) is 1.35. The molecule has 11 nitrogen and oxygen atoms in total. The van der Waals surface area contributed by atoms with Gasteiger partial charge in [0.15, 0.2) is 0 Å². The van der Waals surface area contributed by atoms with Gasteiger partial charge in [0.25, 0.3) is 0 Å². The Morgan fingerprint density at radius 3 is 1.07 bits per heavy atom. The van der Waals surface area contributed by atoms with Crippen molar-refractivity contribution in [3.63, 3.8) is 0 Å². The van der Waals surface area contributed by atoms with Crippen LogP contribution in [-0.2, 0) is 34.8 Å². The summed E-state index contributed by atoms with van der Waals surface area (Å²) < 4.78 is 88.5. The maximum atomic E-state index is 9.40. The summed E-state index contributed by atoms with van der Waals surface area (Å²) in [6.45, 7) is 0. The Bertz CT molecular complexity index is 408. The molecule has 0 fully saturated rings. The van der Waals surface area contributed by atoms with Crippen LogP contribution < -0.4 is 51.4 Å². The SMILES string of the molecule is O=S(=O)(O)O.O=S(=O)([O-])OS(=O)(=O)O.[K+]. The first-order chi connectivity index (χ1) is 5.71. The summed E-state index contributed by atoms with van der Waals surface area (Å²) in [4.78, 5) is 0. The van der Waals surface area contributed by atoms with Crippen LogP contribution in [0.4, 0.5) is 0 Å². The molecule has 0 amide bonds. The summed E-state index contributed by atoms with van der Waals surface area (Å²) >= 11 is 0. The van der Waals surface area contributed by atoms with E-state index in [2.05, 4.69) is 3.63 Å². The standard InChI is InChI=1S/K.H2O7S2.H2O4S/c;1-8(2,3)7-9(4,5)6;1-5(2,3)4/h;(H,1,2,3)(H,4,5,6);(H2,1,2,3,4)/q+1;;/p-1. The summed E-state index contributed by atoms with van der Waals surface area (Å²) in [7, 11) is -15.2. The van der Waals surface area contributed by atoms with Gasteiger partial charge >= 0.3 is 72.2 Å². The number of hydrogen-bond acceptors (Lipinski definition) is 8. The zero-order valence-corrected chi connectivity index (χ0v) is 12.4. The molecule has 0 aromatic carbocycles. The van der Waals surface area contributed by atoms with Gasteiger partial charge < -0.3 is 4.55 Å². The van der Waals surface area contributed by atoms with Crippen LogP contribution in [0.15, 0.2) is 0 Å². The summed E-state index contributed by atoms with van der Waals surface area (Å²) in [5.74, 6) is 0. The van der Waals surface area contributed by atoms with E-state index in [1.165, 1.54) is 0 Å². The van der Waals surface area contributed by atoms with Crippen LogP contribution in [0.25, 0.3) is 0 Å². The van der Waals surface area contributed by atoms with Crippen LogP contribution in [-0.4, -0.2) is 43.5 Å². The van der Waals surface area contributed by atoms with E-state index in [1.54, 1.807) is 0 Å². The third-order valence-electron chi connectivity index (χ3n) is 0.169. The molecule has 0 aliphatic carbocycles. The van der Waals surface area contributed by atoms with E-state index in [4.69, 9.17) is 22.1 Å². The molecule has 0 spiro atoms. The van der Waals surface area contributed by atoms with Gasteiger partial charge in [0.2, 0.25) is 10.4 Å². The molecule has 0 aromatic rings. The molecule has 0 saturated heterocycles. The molecule has 0 aliphatic rings. The minimum Gasteiger partial charge on any atom is -0.725 e. The van der Waals surface area contributed by atoms with Crippen molar-refractivity contribution in [3.05, 3.63) is 0 Å². The molecule has 0 aliphatic heterocycles. The Labute approximate surface area is 128 Å². The van der Waals surface area contributed by atoms with Crippen LogP contribution in [0.1, 0.15) is 0 Å². The largest absolute Gasteiger partial charge is 1.00 e. The molecule has 0 saturated carbocycles. The van der Waals surface area contributed by atoms with Gasteiger partial charge in [-0.2, -0.15) is 16.8 Å². The fraction of sp³-hybridized carbons (Fsp3) is 0. The fourth-order valence-electron chi connectivity index (χ4n) is 0.105. The van der Waals surface area contributed by atoms with Crippen molar-refractivity contribution in [2.45, 2.75) is 0 Å². The zero-order valence-electron chi connectivity index (χ0n) is 6.83. The topological polar surface area (TPSA) is 195 Å². The first kappa shape index (κ1) is 21.6. The quantitative estimate of drug-likeness (QED) is 0.250. The fourth-order valence-corrected chi connectivity index (χ4v) is 0.948. The molecular formula is H3KO11S3. The molecule has 0 heterocycles. The summed E-state index contributed by atoms with van der Waals surface area (Å²) in [6.07, 6.45) is 0. The minimum absolute atomic E-state index is 0. The molecule has 0 bridgehead atoms. The molecule has 0 rings (SSSR count). The van der Waals surface area contributed by atoms with Crippen LogP contribution in [0.5, 0.6) is 0 Å². The molecule has 15 heavy (non-hydrogen) atoms. The molecule has 0 radical (unpaired) electrons. The van der Waals surface area contributed by atoms with Gasteiger partial charge in [0.05, 0.1) is 0 Å². The normalized spacial score (nSPS) is 12.0. The van der Waals surface area contributed by atoms with E-state index < -0.39 is 31.2 Å². The van der Waals surface area contributed by atoms with E-state index in [1.807, 2.05) is 0 Å². The maximum absolute atomic E-state index is 9.40. The van der Waals surface area contributed by atoms with Crippen LogP contribution in [0.3, 0.4) is 0 Å². The van der Waals surface area contributed by atoms with Crippen molar-refractivity contribution in [2.24, 2.45) is 0 Å². The predicted molar refractivity (Wildman–Crippen MR) is 36.5 cm³/mol.